The molecule has 0 spiro atoms. The monoisotopic (exact) mass is 669 g/mol. The lowest BCUT2D eigenvalue weighted by atomic mass is 9.95. The van der Waals surface area contributed by atoms with Crippen molar-refractivity contribution in [3.8, 4) is 17.2 Å². The Bertz CT molecular complexity index is 1780. The molecule has 4 aromatic rings. The van der Waals surface area contributed by atoms with E-state index < -0.39 is 17.7 Å². The largest absolute Gasteiger partial charge is 0.507 e. The molecule has 226 valence electrons. The number of halogens is 2. The first-order valence-electron chi connectivity index (χ1n) is 13.7. The van der Waals surface area contributed by atoms with Gasteiger partial charge < -0.3 is 19.3 Å². The van der Waals surface area contributed by atoms with Crippen molar-refractivity contribution in [1.29, 1.82) is 0 Å². The summed E-state index contributed by atoms with van der Waals surface area (Å²) < 4.78 is 17.7. The number of carbonyl (C=O) groups excluding carboxylic acids is 2. The molecule has 13 heteroatoms. The van der Waals surface area contributed by atoms with E-state index in [1.165, 1.54) is 16.7 Å². The molecule has 1 aromatic heterocycles. The van der Waals surface area contributed by atoms with E-state index in [2.05, 4.69) is 10.2 Å². The van der Waals surface area contributed by atoms with E-state index in [9.17, 15) is 14.7 Å². The first-order chi connectivity index (χ1) is 21.3. The molecule has 0 aliphatic carbocycles. The maximum absolute atomic E-state index is 13.6. The first kappa shape index (κ1) is 30.3. The van der Waals surface area contributed by atoms with Gasteiger partial charge in [0.25, 0.3) is 5.78 Å². The molecule has 1 fully saturated rings. The highest BCUT2D eigenvalue weighted by atomic mass is 35.5. The van der Waals surface area contributed by atoms with Crippen LogP contribution in [-0.2, 0) is 15.3 Å². The summed E-state index contributed by atoms with van der Waals surface area (Å²) in [4.78, 5) is 28.6. The highest BCUT2D eigenvalue weighted by Crippen LogP contribution is 2.45. The fraction of sp³-hybridized carbons (Fsp3) is 0.226. The molecule has 1 unspecified atom stereocenters. The molecule has 1 amide bonds. The highest BCUT2D eigenvalue weighted by molar-refractivity contribution is 8.00. The number of aliphatic hydroxyl groups is 1. The Labute approximate surface area is 271 Å². The van der Waals surface area contributed by atoms with Gasteiger partial charge in [-0.3, -0.25) is 14.5 Å². The average molecular weight is 671 g/mol. The number of ketones is 1. The second-order valence-electron chi connectivity index (χ2n) is 9.82. The number of amides is 1. The molecule has 3 aromatic carbocycles. The molecule has 0 bridgehead atoms. The number of Topliss-reactive ketones (excluding diaryl/α,β-unsaturated/α-hetero) is 1. The highest BCUT2D eigenvalue weighted by Gasteiger charge is 2.48. The zero-order valence-electron chi connectivity index (χ0n) is 23.3. The molecular formula is C31H25Cl2N3O6S2. The summed E-state index contributed by atoms with van der Waals surface area (Å²) in [5, 5.41) is 21.4. The molecule has 0 saturated carbocycles. The molecule has 1 N–H and O–H groups in total. The summed E-state index contributed by atoms with van der Waals surface area (Å²) in [6.45, 7) is 3.26. The third-order valence-corrected chi connectivity index (χ3v) is 9.57. The Morgan fingerprint density at radius 3 is 2.68 bits per heavy atom. The number of hydrogen-bond donors (Lipinski definition) is 1. The van der Waals surface area contributed by atoms with Crippen molar-refractivity contribution >= 4 is 68.9 Å². The number of rotatable bonds is 9. The van der Waals surface area contributed by atoms with Gasteiger partial charge in [-0.25, -0.2) is 0 Å². The second kappa shape index (κ2) is 13.1. The summed E-state index contributed by atoms with van der Waals surface area (Å²) in [7, 11) is 0. The van der Waals surface area contributed by atoms with Crippen molar-refractivity contribution in [2.75, 3.05) is 24.7 Å². The Morgan fingerprint density at radius 2 is 1.89 bits per heavy atom. The van der Waals surface area contributed by atoms with E-state index in [1.54, 1.807) is 54.6 Å². The maximum Gasteiger partial charge on any atom is 0.301 e. The van der Waals surface area contributed by atoms with Gasteiger partial charge in [-0.15, -0.1) is 10.2 Å². The van der Waals surface area contributed by atoms with E-state index in [1.807, 2.05) is 13.0 Å². The van der Waals surface area contributed by atoms with E-state index in [4.69, 9.17) is 37.4 Å². The number of ether oxygens (including phenoxy) is 3. The third-order valence-electron chi connectivity index (χ3n) is 6.87. The minimum absolute atomic E-state index is 0.0864. The summed E-state index contributed by atoms with van der Waals surface area (Å²) in [6.07, 6.45) is 0.805. The number of fused-ring (bicyclic) bond motifs is 1. The van der Waals surface area contributed by atoms with E-state index in [0.717, 1.165) is 23.3 Å². The molecular weight excluding hydrogens is 645 g/mol. The van der Waals surface area contributed by atoms with Gasteiger partial charge in [-0.1, -0.05) is 71.4 Å². The molecule has 6 rings (SSSR count). The molecule has 2 aliphatic heterocycles. The maximum atomic E-state index is 13.6. The van der Waals surface area contributed by atoms with Crippen molar-refractivity contribution in [3.05, 3.63) is 93.0 Å². The number of hydrogen-bond acceptors (Lipinski definition) is 10. The van der Waals surface area contributed by atoms with Crippen molar-refractivity contribution in [2.45, 2.75) is 29.5 Å². The topological polar surface area (TPSA) is 111 Å². The molecule has 44 heavy (non-hydrogen) atoms. The summed E-state index contributed by atoms with van der Waals surface area (Å²) in [6, 6.07) is 16.3. The van der Waals surface area contributed by atoms with Crippen LogP contribution >= 0.6 is 46.3 Å². The SMILES string of the molecule is CCCOc1cccc(C2/C(=C(/O)c3ccc4c(c3)OCCO4)C(=O)C(=O)N2c2nnc(SCc3ccc(Cl)cc3Cl)s2)c1. The second-order valence-corrected chi connectivity index (χ2v) is 12.8. The zero-order valence-corrected chi connectivity index (χ0v) is 26.4. The zero-order chi connectivity index (χ0) is 30.8. The van der Waals surface area contributed by atoms with Crippen molar-refractivity contribution in [3.63, 3.8) is 0 Å². The number of anilines is 1. The Hall–Kier alpha value is -3.77. The Kier molecular flexibility index (Phi) is 8.99. The van der Waals surface area contributed by atoms with Crippen LogP contribution in [-0.4, -0.2) is 46.8 Å². The van der Waals surface area contributed by atoms with Crippen LogP contribution in [0, 0.1) is 0 Å². The number of aromatic nitrogens is 2. The lowest BCUT2D eigenvalue weighted by molar-refractivity contribution is -0.132. The van der Waals surface area contributed by atoms with Gasteiger partial charge in [-0.2, -0.15) is 0 Å². The lowest BCUT2D eigenvalue weighted by Crippen LogP contribution is -2.29. The average Bonchev–Trinajstić information content (AvgIpc) is 3.60. The smallest absolute Gasteiger partial charge is 0.301 e. The van der Waals surface area contributed by atoms with Crippen LogP contribution in [0.1, 0.15) is 36.1 Å². The van der Waals surface area contributed by atoms with Gasteiger partial charge in [0.1, 0.15) is 24.7 Å². The van der Waals surface area contributed by atoms with Crippen molar-refractivity contribution in [2.24, 2.45) is 0 Å². The van der Waals surface area contributed by atoms with Crippen LogP contribution in [0.2, 0.25) is 10.0 Å². The van der Waals surface area contributed by atoms with Gasteiger partial charge in [0, 0.05) is 21.4 Å². The summed E-state index contributed by atoms with van der Waals surface area (Å²) >= 11 is 14.9. The molecule has 9 nitrogen and oxygen atoms in total. The van der Waals surface area contributed by atoms with E-state index >= 15 is 0 Å². The van der Waals surface area contributed by atoms with Crippen LogP contribution in [0.15, 0.2) is 70.6 Å². The number of benzene rings is 3. The van der Waals surface area contributed by atoms with Crippen LogP contribution in [0.4, 0.5) is 5.13 Å². The molecule has 1 saturated heterocycles. The number of carbonyl (C=O) groups is 2. The van der Waals surface area contributed by atoms with Crippen LogP contribution in [0.5, 0.6) is 17.2 Å². The van der Waals surface area contributed by atoms with Gasteiger partial charge in [0.05, 0.1) is 18.2 Å². The normalized spacial score (nSPS) is 17.2. The van der Waals surface area contributed by atoms with Gasteiger partial charge in [-0.05, 0) is 60.0 Å². The van der Waals surface area contributed by atoms with Crippen LogP contribution < -0.4 is 19.1 Å². The summed E-state index contributed by atoms with van der Waals surface area (Å²) in [5.74, 6) is 0.0131. The minimum atomic E-state index is -0.995. The van der Waals surface area contributed by atoms with Gasteiger partial charge in [0.2, 0.25) is 5.13 Å². The van der Waals surface area contributed by atoms with Gasteiger partial charge >= 0.3 is 5.91 Å². The summed E-state index contributed by atoms with van der Waals surface area (Å²) in [5.41, 5.74) is 1.65. The molecule has 2 aliphatic rings. The Balaban J connectivity index is 1.39. The lowest BCUT2D eigenvalue weighted by Gasteiger charge is -2.23. The fourth-order valence-corrected chi connectivity index (χ4v) is 7.25. The van der Waals surface area contributed by atoms with Crippen LogP contribution in [0.25, 0.3) is 5.76 Å². The molecule has 0 radical (unpaired) electrons. The quantitative estimate of drug-likeness (QED) is 0.0644. The molecule has 1 atom stereocenters. The van der Waals surface area contributed by atoms with Gasteiger partial charge in [0.15, 0.2) is 15.8 Å². The first-order valence-corrected chi connectivity index (χ1v) is 16.2. The number of thioether (sulfide) groups is 1. The minimum Gasteiger partial charge on any atom is -0.507 e. The predicted molar refractivity (Wildman–Crippen MR) is 170 cm³/mol. The fourth-order valence-electron chi connectivity index (χ4n) is 4.82. The van der Waals surface area contributed by atoms with E-state index in [0.29, 0.717) is 68.3 Å². The Morgan fingerprint density at radius 1 is 1.07 bits per heavy atom. The van der Waals surface area contributed by atoms with Crippen molar-refractivity contribution < 1.29 is 28.9 Å². The third kappa shape index (κ3) is 6.10. The number of aliphatic hydroxyl groups excluding tert-OH is 1. The number of nitrogens with zero attached hydrogens (tertiary/aromatic N) is 3. The standard InChI is InChI=1S/C31H25Cl2N3O6S2/c1-2-10-40-21-5-3-4-17(13-21)26-25(27(37)18-7-9-23-24(14-18)42-12-11-41-23)28(38)29(39)36(26)30-34-35-31(44-30)43-16-19-6-8-20(32)15-22(19)33/h3-9,13-15,26,37H,2,10-12,16H2,1H3/b27-25-. The van der Waals surface area contributed by atoms with E-state index in [-0.39, 0.29) is 16.5 Å². The molecule has 3 heterocycles. The van der Waals surface area contributed by atoms with Crippen LogP contribution in [0.3, 0.4) is 0 Å². The van der Waals surface area contributed by atoms with Crippen molar-refractivity contribution in [1.82, 2.24) is 10.2 Å². The predicted octanol–water partition coefficient (Wildman–Crippen LogP) is 7.32.